The summed E-state index contributed by atoms with van der Waals surface area (Å²) in [5.74, 6) is -0.509. The summed E-state index contributed by atoms with van der Waals surface area (Å²) in [5.41, 5.74) is 3.60. The van der Waals surface area contributed by atoms with Crippen LogP contribution in [0.5, 0.6) is 0 Å². The summed E-state index contributed by atoms with van der Waals surface area (Å²) in [4.78, 5) is 51.3. The summed E-state index contributed by atoms with van der Waals surface area (Å²) < 4.78 is 4.77. The standard InChI is InChI=1S/C32H34N4O6/c1-19(8-13-29(37)42-4)27-12-10-24(16-20(27)2)30(35-25-11-9-22-14-15-33-31(38)28(22)18-25)32(39)34-21(3)23-6-5-7-26(17-23)36(40)41/h5-7,9-12,14-19,21,30,35H,8,13H2,1-4H3,(H,33,38)(H,34,39)/t19-,21+,30?/m0/s1. The molecule has 4 aromatic rings. The molecule has 218 valence electrons. The van der Waals surface area contributed by atoms with Gasteiger partial charge in [0.1, 0.15) is 6.04 Å². The first-order valence-electron chi connectivity index (χ1n) is 13.7. The van der Waals surface area contributed by atoms with Crippen molar-refractivity contribution in [1.29, 1.82) is 0 Å². The highest BCUT2D eigenvalue weighted by molar-refractivity contribution is 5.89. The first-order chi connectivity index (χ1) is 20.1. The average Bonchev–Trinajstić information content (AvgIpc) is 2.98. The van der Waals surface area contributed by atoms with Crippen molar-refractivity contribution >= 4 is 34.0 Å². The number of aromatic nitrogens is 1. The molecule has 0 aliphatic carbocycles. The smallest absolute Gasteiger partial charge is 0.305 e. The number of fused-ring (bicyclic) bond motifs is 1. The minimum absolute atomic E-state index is 0.0582. The van der Waals surface area contributed by atoms with Crippen molar-refractivity contribution in [3.8, 4) is 0 Å². The van der Waals surface area contributed by atoms with Crippen molar-refractivity contribution in [3.05, 3.63) is 116 Å². The quantitative estimate of drug-likeness (QED) is 0.117. The van der Waals surface area contributed by atoms with E-state index in [1.807, 2.05) is 44.2 Å². The molecule has 0 fully saturated rings. The van der Waals surface area contributed by atoms with E-state index in [0.29, 0.717) is 35.0 Å². The molecule has 0 aliphatic heterocycles. The Kier molecular flexibility index (Phi) is 9.36. The maximum absolute atomic E-state index is 13.8. The van der Waals surface area contributed by atoms with Crippen LogP contribution in [0, 0.1) is 17.0 Å². The summed E-state index contributed by atoms with van der Waals surface area (Å²) in [5, 5.41) is 18.8. The molecular weight excluding hydrogens is 536 g/mol. The van der Waals surface area contributed by atoms with Gasteiger partial charge in [0.15, 0.2) is 0 Å². The van der Waals surface area contributed by atoms with E-state index >= 15 is 0 Å². The fraction of sp³-hybridized carbons (Fsp3) is 0.281. The van der Waals surface area contributed by atoms with E-state index in [-0.39, 0.29) is 29.0 Å². The molecule has 42 heavy (non-hydrogen) atoms. The van der Waals surface area contributed by atoms with E-state index in [4.69, 9.17) is 4.74 Å². The molecule has 4 rings (SSSR count). The summed E-state index contributed by atoms with van der Waals surface area (Å²) in [6.45, 7) is 5.77. The first-order valence-corrected chi connectivity index (χ1v) is 13.7. The zero-order chi connectivity index (χ0) is 30.4. The van der Waals surface area contributed by atoms with Gasteiger partial charge in [-0.05, 0) is 72.0 Å². The van der Waals surface area contributed by atoms with Gasteiger partial charge in [-0.15, -0.1) is 0 Å². The third kappa shape index (κ3) is 7.01. The van der Waals surface area contributed by atoms with E-state index in [2.05, 4.69) is 15.6 Å². The van der Waals surface area contributed by atoms with Gasteiger partial charge >= 0.3 is 5.97 Å². The summed E-state index contributed by atoms with van der Waals surface area (Å²) in [7, 11) is 1.37. The predicted octanol–water partition coefficient (Wildman–Crippen LogP) is 5.83. The maximum atomic E-state index is 13.8. The van der Waals surface area contributed by atoms with Crippen LogP contribution in [0.25, 0.3) is 10.8 Å². The van der Waals surface area contributed by atoms with E-state index in [0.717, 1.165) is 16.5 Å². The number of nitrogens with one attached hydrogen (secondary N) is 3. The number of hydrogen-bond donors (Lipinski definition) is 3. The van der Waals surface area contributed by atoms with Crippen LogP contribution >= 0.6 is 0 Å². The van der Waals surface area contributed by atoms with Gasteiger partial charge in [-0.25, -0.2) is 0 Å². The number of methoxy groups -OCH3 is 1. The number of nitro groups is 1. The van der Waals surface area contributed by atoms with Gasteiger partial charge < -0.3 is 20.4 Å². The highest BCUT2D eigenvalue weighted by Crippen LogP contribution is 2.30. The van der Waals surface area contributed by atoms with E-state index in [9.17, 15) is 24.5 Å². The van der Waals surface area contributed by atoms with Gasteiger partial charge in [0.25, 0.3) is 11.2 Å². The van der Waals surface area contributed by atoms with Crippen molar-refractivity contribution < 1.29 is 19.2 Å². The third-order valence-electron chi connectivity index (χ3n) is 7.46. The van der Waals surface area contributed by atoms with Crippen LogP contribution in [-0.4, -0.2) is 28.9 Å². The Hall–Kier alpha value is -4.99. The highest BCUT2D eigenvalue weighted by Gasteiger charge is 2.25. The Morgan fingerprint density at radius 1 is 1.02 bits per heavy atom. The molecule has 1 heterocycles. The second-order valence-corrected chi connectivity index (χ2v) is 10.4. The molecule has 0 saturated carbocycles. The van der Waals surface area contributed by atoms with Gasteiger partial charge in [-0.2, -0.15) is 0 Å². The van der Waals surface area contributed by atoms with Gasteiger partial charge in [0.05, 0.1) is 18.1 Å². The molecule has 0 saturated heterocycles. The number of anilines is 1. The lowest BCUT2D eigenvalue weighted by molar-refractivity contribution is -0.384. The molecule has 0 bridgehead atoms. The molecule has 3 aromatic carbocycles. The molecule has 10 nitrogen and oxygen atoms in total. The van der Waals surface area contributed by atoms with Crippen LogP contribution in [0.3, 0.4) is 0 Å². The van der Waals surface area contributed by atoms with Crippen molar-refractivity contribution in [2.45, 2.75) is 51.6 Å². The highest BCUT2D eigenvalue weighted by atomic mass is 16.6. The minimum Gasteiger partial charge on any atom is -0.469 e. The second-order valence-electron chi connectivity index (χ2n) is 10.4. The molecule has 3 N–H and O–H groups in total. The summed E-state index contributed by atoms with van der Waals surface area (Å²) in [6.07, 6.45) is 2.52. The number of H-pyrrole nitrogens is 1. The van der Waals surface area contributed by atoms with Crippen LogP contribution in [0.2, 0.25) is 0 Å². The van der Waals surface area contributed by atoms with Gasteiger partial charge in [0, 0.05) is 35.8 Å². The lowest BCUT2D eigenvalue weighted by atomic mass is 9.90. The largest absolute Gasteiger partial charge is 0.469 e. The zero-order valence-electron chi connectivity index (χ0n) is 24.0. The number of rotatable bonds is 11. The van der Waals surface area contributed by atoms with Crippen molar-refractivity contribution in [2.75, 3.05) is 12.4 Å². The Morgan fingerprint density at radius 2 is 1.81 bits per heavy atom. The van der Waals surface area contributed by atoms with Crippen molar-refractivity contribution in [1.82, 2.24) is 10.3 Å². The molecule has 1 aromatic heterocycles. The minimum atomic E-state index is -0.843. The number of hydrogen-bond acceptors (Lipinski definition) is 7. The van der Waals surface area contributed by atoms with Crippen LogP contribution in [0.1, 0.15) is 66.9 Å². The number of aryl methyl sites for hydroxylation is 1. The Bertz CT molecular complexity index is 1680. The van der Waals surface area contributed by atoms with Crippen molar-refractivity contribution in [3.63, 3.8) is 0 Å². The fourth-order valence-corrected chi connectivity index (χ4v) is 5.05. The third-order valence-corrected chi connectivity index (χ3v) is 7.46. The lowest BCUT2D eigenvalue weighted by Gasteiger charge is -2.24. The maximum Gasteiger partial charge on any atom is 0.305 e. The summed E-state index contributed by atoms with van der Waals surface area (Å²) in [6, 6.07) is 17.7. The molecule has 1 amide bonds. The van der Waals surface area contributed by atoms with Crippen LogP contribution < -0.4 is 16.2 Å². The Morgan fingerprint density at radius 3 is 2.52 bits per heavy atom. The van der Waals surface area contributed by atoms with Crippen LogP contribution in [0.15, 0.2) is 77.7 Å². The molecule has 0 aliphatic rings. The van der Waals surface area contributed by atoms with E-state index in [1.165, 1.54) is 19.2 Å². The molecule has 1 unspecified atom stereocenters. The number of nitro benzene ring substituents is 1. The molecular formula is C32H34N4O6. The topological polar surface area (TPSA) is 143 Å². The molecule has 0 radical (unpaired) electrons. The lowest BCUT2D eigenvalue weighted by Crippen LogP contribution is -2.35. The number of carbonyl (C=O) groups is 2. The molecule has 3 atom stereocenters. The number of benzene rings is 3. The Labute approximate surface area is 243 Å². The van der Waals surface area contributed by atoms with Gasteiger partial charge in [-0.1, -0.05) is 43.3 Å². The Balaban J connectivity index is 1.65. The monoisotopic (exact) mass is 570 g/mol. The van der Waals surface area contributed by atoms with E-state index in [1.54, 1.807) is 37.4 Å². The van der Waals surface area contributed by atoms with Gasteiger partial charge in [0.2, 0.25) is 5.91 Å². The normalized spacial score (nSPS) is 13.1. The van der Waals surface area contributed by atoms with Crippen LogP contribution in [0.4, 0.5) is 11.4 Å². The van der Waals surface area contributed by atoms with E-state index < -0.39 is 17.0 Å². The molecule has 0 spiro atoms. The number of amides is 1. The number of carbonyl (C=O) groups excluding carboxylic acids is 2. The zero-order valence-corrected chi connectivity index (χ0v) is 24.0. The number of pyridine rings is 1. The number of aromatic amines is 1. The average molecular weight is 571 g/mol. The molecule has 10 heteroatoms. The predicted molar refractivity (Wildman–Crippen MR) is 161 cm³/mol. The second kappa shape index (κ2) is 13.1. The number of ether oxygens (including phenoxy) is 1. The SMILES string of the molecule is COC(=O)CC[C@H](C)c1ccc(C(Nc2ccc3cc[nH]c(=O)c3c2)C(=O)N[C@H](C)c2cccc([N+](=O)[O-])c2)cc1C. The first kappa shape index (κ1) is 30.0. The van der Waals surface area contributed by atoms with Gasteiger partial charge in [-0.3, -0.25) is 24.5 Å². The number of nitrogens with zero attached hydrogens (tertiary/aromatic N) is 1. The summed E-state index contributed by atoms with van der Waals surface area (Å²) >= 11 is 0. The number of esters is 1. The van der Waals surface area contributed by atoms with Crippen LogP contribution in [-0.2, 0) is 14.3 Å². The number of non-ortho nitro benzene ring substituents is 1. The van der Waals surface area contributed by atoms with Crippen molar-refractivity contribution in [2.24, 2.45) is 0 Å². The fourth-order valence-electron chi connectivity index (χ4n) is 5.05.